The Hall–Kier alpha value is -1.63. The maximum atomic E-state index is 5.77. The third-order valence-electron chi connectivity index (χ3n) is 2.84. The second-order valence-electron chi connectivity index (χ2n) is 4.41. The SMILES string of the molecule is CNCc1sc(COc2cccc(OC)c2)nc1COC. The normalized spacial score (nSPS) is 10.6. The molecule has 0 saturated heterocycles. The molecule has 0 aliphatic rings. The van der Waals surface area contributed by atoms with E-state index >= 15 is 0 Å². The Labute approximate surface area is 128 Å². The van der Waals surface area contributed by atoms with E-state index in [0.29, 0.717) is 13.2 Å². The summed E-state index contributed by atoms with van der Waals surface area (Å²) in [5.74, 6) is 1.55. The summed E-state index contributed by atoms with van der Waals surface area (Å²) in [6.45, 7) is 1.75. The van der Waals surface area contributed by atoms with Crippen molar-refractivity contribution < 1.29 is 14.2 Å². The van der Waals surface area contributed by atoms with E-state index in [0.717, 1.165) is 28.7 Å². The molecule has 0 amide bonds. The van der Waals surface area contributed by atoms with E-state index in [2.05, 4.69) is 10.3 Å². The standard InChI is InChI=1S/C15H20N2O3S/c1-16-8-14-13(9-18-2)17-15(21-14)10-20-12-6-4-5-11(7-12)19-3/h4-7,16H,8-10H2,1-3H3. The van der Waals surface area contributed by atoms with Gasteiger partial charge >= 0.3 is 0 Å². The molecule has 0 fully saturated rings. The van der Waals surface area contributed by atoms with Crippen LogP contribution in [-0.2, 0) is 24.5 Å². The van der Waals surface area contributed by atoms with E-state index in [1.54, 1.807) is 25.6 Å². The Morgan fingerprint density at radius 2 is 2.00 bits per heavy atom. The summed E-state index contributed by atoms with van der Waals surface area (Å²) < 4.78 is 16.1. The molecule has 2 rings (SSSR count). The largest absolute Gasteiger partial charge is 0.497 e. The zero-order valence-electron chi connectivity index (χ0n) is 12.5. The van der Waals surface area contributed by atoms with Gasteiger partial charge in [-0.3, -0.25) is 0 Å². The van der Waals surface area contributed by atoms with Gasteiger partial charge in [-0.15, -0.1) is 11.3 Å². The molecule has 0 spiro atoms. The number of rotatable bonds is 8. The lowest BCUT2D eigenvalue weighted by atomic mass is 10.3. The first kappa shape index (κ1) is 15.8. The van der Waals surface area contributed by atoms with Gasteiger partial charge in [0.05, 0.1) is 19.4 Å². The van der Waals surface area contributed by atoms with Crippen LogP contribution in [0.15, 0.2) is 24.3 Å². The minimum Gasteiger partial charge on any atom is -0.497 e. The first-order valence-electron chi connectivity index (χ1n) is 6.64. The van der Waals surface area contributed by atoms with Crippen LogP contribution in [0.3, 0.4) is 0 Å². The van der Waals surface area contributed by atoms with E-state index in [1.165, 1.54) is 4.88 Å². The fourth-order valence-electron chi connectivity index (χ4n) is 1.88. The third kappa shape index (κ3) is 4.42. The van der Waals surface area contributed by atoms with Crippen LogP contribution in [0.25, 0.3) is 0 Å². The predicted octanol–water partition coefficient (Wildman–Crippen LogP) is 2.60. The number of methoxy groups -OCH3 is 2. The lowest BCUT2D eigenvalue weighted by Gasteiger charge is -2.05. The van der Waals surface area contributed by atoms with Crippen LogP contribution in [0, 0.1) is 0 Å². The minimum absolute atomic E-state index is 0.443. The predicted molar refractivity (Wildman–Crippen MR) is 82.9 cm³/mol. The number of benzene rings is 1. The molecule has 1 heterocycles. The van der Waals surface area contributed by atoms with Crippen molar-refractivity contribution in [2.45, 2.75) is 19.8 Å². The number of nitrogens with zero attached hydrogens (tertiary/aromatic N) is 1. The van der Waals surface area contributed by atoms with Gasteiger partial charge in [0, 0.05) is 24.6 Å². The summed E-state index contributed by atoms with van der Waals surface area (Å²) in [6.07, 6.45) is 0. The molecular formula is C15H20N2O3S. The van der Waals surface area contributed by atoms with Crippen LogP contribution in [0.4, 0.5) is 0 Å². The molecule has 0 saturated carbocycles. The van der Waals surface area contributed by atoms with Gasteiger partial charge in [-0.05, 0) is 19.2 Å². The lowest BCUT2D eigenvalue weighted by Crippen LogP contribution is -2.06. The van der Waals surface area contributed by atoms with Gasteiger partial charge < -0.3 is 19.5 Å². The highest BCUT2D eigenvalue weighted by Gasteiger charge is 2.11. The zero-order chi connectivity index (χ0) is 15.1. The van der Waals surface area contributed by atoms with Gasteiger partial charge in [0.1, 0.15) is 23.1 Å². The molecule has 0 atom stereocenters. The number of ether oxygens (including phenoxy) is 3. The molecule has 0 radical (unpaired) electrons. The molecule has 1 aromatic carbocycles. The summed E-state index contributed by atoms with van der Waals surface area (Å²) in [7, 11) is 5.23. The Morgan fingerprint density at radius 1 is 1.19 bits per heavy atom. The van der Waals surface area contributed by atoms with Crippen LogP contribution in [-0.4, -0.2) is 26.3 Å². The summed E-state index contributed by atoms with van der Waals surface area (Å²) in [5.41, 5.74) is 0.973. The van der Waals surface area contributed by atoms with Crippen molar-refractivity contribution in [3.63, 3.8) is 0 Å². The fraction of sp³-hybridized carbons (Fsp3) is 0.400. The van der Waals surface area contributed by atoms with Crippen molar-refractivity contribution in [3.8, 4) is 11.5 Å². The number of thiazole rings is 1. The van der Waals surface area contributed by atoms with Gasteiger partial charge in [0.15, 0.2) is 0 Å². The van der Waals surface area contributed by atoms with Crippen LogP contribution in [0.5, 0.6) is 11.5 Å². The Balaban J connectivity index is 2.03. The highest BCUT2D eigenvalue weighted by molar-refractivity contribution is 7.11. The van der Waals surface area contributed by atoms with Crippen molar-refractivity contribution in [2.75, 3.05) is 21.3 Å². The number of aromatic nitrogens is 1. The van der Waals surface area contributed by atoms with E-state index in [1.807, 2.05) is 31.3 Å². The first-order chi connectivity index (χ1) is 10.3. The summed E-state index contributed by atoms with van der Waals surface area (Å²) in [4.78, 5) is 5.76. The Morgan fingerprint density at radius 3 is 2.71 bits per heavy atom. The van der Waals surface area contributed by atoms with E-state index in [9.17, 15) is 0 Å². The van der Waals surface area contributed by atoms with Crippen molar-refractivity contribution in [2.24, 2.45) is 0 Å². The third-order valence-corrected chi connectivity index (χ3v) is 3.92. The lowest BCUT2D eigenvalue weighted by molar-refractivity contribution is 0.180. The molecule has 0 bridgehead atoms. The Bertz CT molecular complexity index is 548. The molecule has 6 heteroatoms. The van der Waals surface area contributed by atoms with Crippen molar-refractivity contribution in [1.82, 2.24) is 10.3 Å². The molecule has 5 nitrogen and oxygen atoms in total. The molecule has 0 unspecified atom stereocenters. The average molecular weight is 308 g/mol. The zero-order valence-corrected chi connectivity index (χ0v) is 13.3. The van der Waals surface area contributed by atoms with Crippen LogP contribution < -0.4 is 14.8 Å². The van der Waals surface area contributed by atoms with Gasteiger partial charge in [0.25, 0.3) is 0 Å². The Kier molecular flexibility index (Phi) is 5.98. The average Bonchev–Trinajstić information content (AvgIpc) is 2.88. The molecular weight excluding hydrogens is 288 g/mol. The number of hydrogen-bond acceptors (Lipinski definition) is 6. The van der Waals surface area contributed by atoms with Gasteiger partial charge in [-0.1, -0.05) is 6.07 Å². The minimum atomic E-state index is 0.443. The second kappa shape index (κ2) is 7.97. The quantitative estimate of drug-likeness (QED) is 0.812. The topological polar surface area (TPSA) is 52.6 Å². The molecule has 1 aromatic heterocycles. The van der Waals surface area contributed by atoms with Crippen LogP contribution in [0.1, 0.15) is 15.6 Å². The molecule has 1 N–H and O–H groups in total. The van der Waals surface area contributed by atoms with Gasteiger partial charge in [0.2, 0.25) is 0 Å². The van der Waals surface area contributed by atoms with E-state index < -0.39 is 0 Å². The molecule has 21 heavy (non-hydrogen) atoms. The highest BCUT2D eigenvalue weighted by atomic mass is 32.1. The second-order valence-corrected chi connectivity index (χ2v) is 5.58. The first-order valence-corrected chi connectivity index (χ1v) is 7.46. The number of hydrogen-bond donors (Lipinski definition) is 1. The van der Waals surface area contributed by atoms with Crippen molar-refractivity contribution in [3.05, 3.63) is 39.8 Å². The van der Waals surface area contributed by atoms with E-state index in [4.69, 9.17) is 14.2 Å². The van der Waals surface area contributed by atoms with E-state index in [-0.39, 0.29) is 0 Å². The molecule has 0 aliphatic carbocycles. The van der Waals surface area contributed by atoms with Gasteiger partial charge in [-0.25, -0.2) is 4.98 Å². The van der Waals surface area contributed by atoms with Crippen molar-refractivity contribution >= 4 is 11.3 Å². The van der Waals surface area contributed by atoms with Crippen LogP contribution >= 0.6 is 11.3 Å². The number of nitrogens with one attached hydrogen (secondary N) is 1. The highest BCUT2D eigenvalue weighted by Crippen LogP contribution is 2.23. The molecule has 2 aromatic rings. The fourth-order valence-corrected chi connectivity index (χ4v) is 2.88. The van der Waals surface area contributed by atoms with Crippen LogP contribution in [0.2, 0.25) is 0 Å². The smallest absolute Gasteiger partial charge is 0.140 e. The molecule has 114 valence electrons. The van der Waals surface area contributed by atoms with Gasteiger partial charge in [-0.2, -0.15) is 0 Å². The summed E-state index contributed by atoms with van der Waals surface area (Å²) in [6, 6.07) is 7.55. The maximum Gasteiger partial charge on any atom is 0.140 e. The van der Waals surface area contributed by atoms with Crippen molar-refractivity contribution in [1.29, 1.82) is 0 Å². The summed E-state index contributed by atoms with van der Waals surface area (Å²) in [5, 5.41) is 4.08. The maximum absolute atomic E-state index is 5.77. The summed E-state index contributed by atoms with van der Waals surface area (Å²) >= 11 is 1.64. The monoisotopic (exact) mass is 308 g/mol. The molecule has 0 aliphatic heterocycles.